The van der Waals surface area contributed by atoms with Crippen LogP contribution in [-0.4, -0.2) is 36.5 Å². The van der Waals surface area contributed by atoms with Crippen molar-refractivity contribution in [3.05, 3.63) is 60.2 Å². The molecule has 0 aliphatic carbocycles. The number of hydrogen-bond acceptors (Lipinski definition) is 4. The molecule has 1 fully saturated rings. The van der Waals surface area contributed by atoms with Crippen LogP contribution in [0.1, 0.15) is 18.4 Å². The summed E-state index contributed by atoms with van der Waals surface area (Å²) >= 11 is 0. The maximum Gasteiger partial charge on any atom is 0.241 e. The number of nitrogens with two attached hydrogens (primary N) is 1. The zero-order valence-electron chi connectivity index (χ0n) is 14.4. The molecule has 1 amide bonds. The molecule has 132 valence electrons. The van der Waals surface area contributed by atoms with Gasteiger partial charge in [-0.3, -0.25) is 9.69 Å². The van der Waals surface area contributed by atoms with Crippen LogP contribution in [0.3, 0.4) is 0 Å². The number of amides is 1. The van der Waals surface area contributed by atoms with Gasteiger partial charge in [-0.15, -0.1) is 0 Å². The molecule has 3 rings (SSSR count). The van der Waals surface area contributed by atoms with Gasteiger partial charge >= 0.3 is 0 Å². The minimum Gasteiger partial charge on any atom is -0.492 e. The smallest absolute Gasteiger partial charge is 0.241 e. The molecule has 5 nitrogen and oxygen atoms in total. The number of benzene rings is 2. The molecule has 25 heavy (non-hydrogen) atoms. The molecule has 0 bridgehead atoms. The van der Waals surface area contributed by atoms with E-state index in [0.29, 0.717) is 13.2 Å². The van der Waals surface area contributed by atoms with Crippen molar-refractivity contribution in [3.8, 4) is 5.75 Å². The van der Waals surface area contributed by atoms with Crippen molar-refractivity contribution in [2.24, 2.45) is 5.73 Å². The Bertz CT molecular complexity index is 673. The molecular formula is C20H25N3O2. The Morgan fingerprint density at radius 1 is 1.16 bits per heavy atom. The Morgan fingerprint density at radius 2 is 1.92 bits per heavy atom. The molecule has 0 saturated carbocycles. The number of nitrogens with one attached hydrogen (secondary N) is 1. The number of nitrogens with zero attached hydrogens (tertiary/aromatic N) is 1. The van der Waals surface area contributed by atoms with Gasteiger partial charge in [0.15, 0.2) is 0 Å². The topological polar surface area (TPSA) is 67.6 Å². The molecule has 3 N–H and O–H groups in total. The number of carbonyl (C=O) groups excluding carboxylic acids is 1. The van der Waals surface area contributed by atoms with Crippen molar-refractivity contribution in [2.45, 2.75) is 25.4 Å². The van der Waals surface area contributed by atoms with Gasteiger partial charge in [-0.25, -0.2) is 0 Å². The van der Waals surface area contributed by atoms with Crippen LogP contribution in [0.2, 0.25) is 0 Å². The predicted octanol–water partition coefficient (Wildman–Crippen LogP) is 2.63. The largest absolute Gasteiger partial charge is 0.492 e. The molecular weight excluding hydrogens is 314 g/mol. The second-order valence-corrected chi connectivity index (χ2v) is 6.26. The fourth-order valence-corrected chi connectivity index (χ4v) is 3.17. The first-order chi connectivity index (χ1) is 12.3. The molecule has 1 heterocycles. The minimum absolute atomic E-state index is 0.0593. The lowest BCUT2D eigenvalue weighted by Gasteiger charge is -2.23. The van der Waals surface area contributed by atoms with E-state index in [1.54, 1.807) is 0 Å². The van der Waals surface area contributed by atoms with Gasteiger partial charge in [0.2, 0.25) is 5.91 Å². The van der Waals surface area contributed by atoms with Crippen LogP contribution in [0.4, 0.5) is 5.69 Å². The van der Waals surface area contributed by atoms with Crippen molar-refractivity contribution in [1.29, 1.82) is 0 Å². The maximum atomic E-state index is 12.7. The summed E-state index contributed by atoms with van der Waals surface area (Å²) in [6.45, 7) is 2.74. The molecule has 1 saturated heterocycles. The Hall–Kier alpha value is -2.37. The summed E-state index contributed by atoms with van der Waals surface area (Å²) in [6.07, 6.45) is 1.95. The predicted molar refractivity (Wildman–Crippen MR) is 99.5 cm³/mol. The van der Waals surface area contributed by atoms with E-state index in [4.69, 9.17) is 10.5 Å². The highest BCUT2D eigenvalue weighted by molar-refractivity contribution is 5.95. The summed E-state index contributed by atoms with van der Waals surface area (Å²) in [5, 5.41) is 3.02. The van der Waals surface area contributed by atoms with Crippen molar-refractivity contribution in [1.82, 2.24) is 4.90 Å². The highest BCUT2D eigenvalue weighted by Crippen LogP contribution is 2.22. The summed E-state index contributed by atoms with van der Waals surface area (Å²) in [5.74, 6) is 0.819. The zero-order chi connectivity index (χ0) is 17.5. The molecule has 0 radical (unpaired) electrons. The number of hydrogen-bond donors (Lipinski definition) is 2. The number of ether oxygens (including phenoxy) is 1. The first-order valence-corrected chi connectivity index (χ1v) is 8.78. The standard InChI is InChI=1S/C20H25N3O2/c21-12-14-25-18-10-8-17(9-11-18)22-20(24)19-7-4-13-23(19)15-16-5-2-1-3-6-16/h1-3,5-6,8-11,19H,4,7,12-15,21H2,(H,22,24). The summed E-state index contributed by atoms with van der Waals surface area (Å²) in [5.41, 5.74) is 7.45. The molecule has 1 aliphatic rings. The van der Waals surface area contributed by atoms with Gasteiger partial charge < -0.3 is 15.8 Å². The van der Waals surface area contributed by atoms with E-state index in [2.05, 4.69) is 22.3 Å². The maximum absolute atomic E-state index is 12.7. The molecule has 5 heteroatoms. The average Bonchev–Trinajstić information content (AvgIpc) is 3.10. The third-order valence-corrected chi connectivity index (χ3v) is 4.40. The SMILES string of the molecule is NCCOc1ccc(NC(=O)C2CCCN2Cc2ccccc2)cc1. The number of rotatable bonds is 7. The van der Waals surface area contributed by atoms with Crippen molar-refractivity contribution in [3.63, 3.8) is 0 Å². The van der Waals surface area contributed by atoms with Crippen LogP contribution in [-0.2, 0) is 11.3 Å². The Morgan fingerprint density at radius 3 is 2.64 bits per heavy atom. The summed E-state index contributed by atoms with van der Waals surface area (Å²) in [4.78, 5) is 14.9. The Labute approximate surface area is 148 Å². The molecule has 2 aromatic rings. The Kier molecular flexibility index (Phi) is 6.04. The normalized spacial score (nSPS) is 17.4. The van der Waals surface area contributed by atoms with Gasteiger partial charge in [-0.1, -0.05) is 30.3 Å². The van der Waals surface area contributed by atoms with Crippen molar-refractivity contribution < 1.29 is 9.53 Å². The third-order valence-electron chi connectivity index (χ3n) is 4.40. The van der Waals surface area contributed by atoms with Gasteiger partial charge in [-0.05, 0) is 49.2 Å². The van der Waals surface area contributed by atoms with Gasteiger partial charge in [-0.2, -0.15) is 0 Å². The van der Waals surface area contributed by atoms with Crippen LogP contribution in [0, 0.1) is 0 Å². The summed E-state index contributed by atoms with van der Waals surface area (Å²) in [6, 6.07) is 17.6. The van der Waals surface area contributed by atoms with E-state index in [-0.39, 0.29) is 11.9 Å². The Balaban J connectivity index is 1.58. The second-order valence-electron chi connectivity index (χ2n) is 6.26. The van der Waals surface area contributed by atoms with Crippen molar-refractivity contribution in [2.75, 3.05) is 25.0 Å². The molecule has 1 atom stereocenters. The summed E-state index contributed by atoms with van der Waals surface area (Å²) in [7, 11) is 0. The van der Waals surface area contributed by atoms with Gasteiger partial charge in [0.25, 0.3) is 0 Å². The van der Waals surface area contributed by atoms with Crippen molar-refractivity contribution >= 4 is 11.6 Å². The van der Waals surface area contributed by atoms with E-state index >= 15 is 0 Å². The zero-order valence-corrected chi connectivity index (χ0v) is 14.4. The van der Waals surface area contributed by atoms with Crippen LogP contribution in [0.25, 0.3) is 0 Å². The molecule has 0 spiro atoms. The van der Waals surface area contributed by atoms with E-state index in [1.807, 2.05) is 42.5 Å². The van der Waals surface area contributed by atoms with E-state index in [1.165, 1.54) is 5.56 Å². The molecule has 1 unspecified atom stereocenters. The van der Waals surface area contributed by atoms with Crippen LogP contribution < -0.4 is 15.8 Å². The molecule has 0 aromatic heterocycles. The fourth-order valence-electron chi connectivity index (χ4n) is 3.17. The average molecular weight is 339 g/mol. The monoisotopic (exact) mass is 339 g/mol. The van der Waals surface area contributed by atoms with Crippen LogP contribution in [0.5, 0.6) is 5.75 Å². The van der Waals surface area contributed by atoms with E-state index in [0.717, 1.165) is 37.4 Å². The molecule has 1 aliphatic heterocycles. The number of carbonyl (C=O) groups is 1. The van der Waals surface area contributed by atoms with Crippen LogP contribution >= 0.6 is 0 Å². The summed E-state index contributed by atoms with van der Waals surface area (Å²) < 4.78 is 5.45. The lowest BCUT2D eigenvalue weighted by molar-refractivity contribution is -0.120. The fraction of sp³-hybridized carbons (Fsp3) is 0.350. The van der Waals surface area contributed by atoms with Gasteiger partial charge in [0, 0.05) is 18.8 Å². The molecule has 2 aromatic carbocycles. The third kappa shape index (κ3) is 4.81. The highest BCUT2D eigenvalue weighted by Gasteiger charge is 2.30. The van der Waals surface area contributed by atoms with Crippen LogP contribution in [0.15, 0.2) is 54.6 Å². The van der Waals surface area contributed by atoms with Gasteiger partial charge in [0.05, 0.1) is 6.04 Å². The minimum atomic E-state index is -0.0756. The van der Waals surface area contributed by atoms with E-state index < -0.39 is 0 Å². The first-order valence-electron chi connectivity index (χ1n) is 8.78. The lowest BCUT2D eigenvalue weighted by atomic mass is 10.1. The quantitative estimate of drug-likeness (QED) is 0.814. The lowest BCUT2D eigenvalue weighted by Crippen LogP contribution is -2.39. The number of likely N-dealkylation sites (tertiary alicyclic amines) is 1. The van der Waals surface area contributed by atoms with E-state index in [9.17, 15) is 4.79 Å². The highest BCUT2D eigenvalue weighted by atomic mass is 16.5. The number of anilines is 1. The first kappa shape index (κ1) is 17.5. The van der Waals surface area contributed by atoms with Gasteiger partial charge in [0.1, 0.15) is 12.4 Å². The second kappa shape index (κ2) is 8.65.